The third-order valence-electron chi connectivity index (χ3n) is 2.98. The first kappa shape index (κ1) is 16.2. The molecule has 1 aromatic heterocycles. The van der Waals surface area contributed by atoms with Crippen molar-refractivity contribution >= 4 is 29.1 Å². The average molecular weight is 318 g/mol. The predicted octanol–water partition coefficient (Wildman–Crippen LogP) is 2.79. The SMILES string of the molecule is CC(=O)c1cccc(NC(=O)CSc2nncn2C(C)C)c1. The van der Waals surface area contributed by atoms with Gasteiger partial charge in [-0.2, -0.15) is 0 Å². The van der Waals surface area contributed by atoms with E-state index in [0.717, 1.165) is 0 Å². The number of rotatable bonds is 6. The van der Waals surface area contributed by atoms with Crippen molar-refractivity contribution in [3.63, 3.8) is 0 Å². The van der Waals surface area contributed by atoms with Crippen LogP contribution in [-0.2, 0) is 4.79 Å². The van der Waals surface area contributed by atoms with Crippen LogP contribution in [0.4, 0.5) is 5.69 Å². The topological polar surface area (TPSA) is 76.9 Å². The molecule has 22 heavy (non-hydrogen) atoms. The molecule has 0 spiro atoms. The second-order valence-electron chi connectivity index (χ2n) is 5.09. The van der Waals surface area contributed by atoms with Crippen molar-refractivity contribution in [2.45, 2.75) is 32.0 Å². The summed E-state index contributed by atoms with van der Waals surface area (Å²) in [6, 6.07) is 7.13. The third kappa shape index (κ3) is 4.17. The zero-order chi connectivity index (χ0) is 16.1. The van der Waals surface area contributed by atoms with E-state index in [1.165, 1.54) is 18.7 Å². The number of amides is 1. The summed E-state index contributed by atoms with van der Waals surface area (Å²) < 4.78 is 1.91. The van der Waals surface area contributed by atoms with Crippen molar-refractivity contribution in [1.29, 1.82) is 0 Å². The minimum Gasteiger partial charge on any atom is -0.325 e. The number of ketones is 1. The summed E-state index contributed by atoms with van der Waals surface area (Å²) in [6.07, 6.45) is 1.65. The van der Waals surface area contributed by atoms with Gasteiger partial charge in [0.2, 0.25) is 5.91 Å². The Kier molecular flexibility index (Phi) is 5.32. The molecule has 0 radical (unpaired) electrons. The summed E-state index contributed by atoms with van der Waals surface area (Å²) >= 11 is 1.33. The fraction of sp³-hybridized carbons (Fsp3) is 0.333. The molecule has 1 N–H and O–H groups in total. The fourth-order valence-corrected chi connectivity index (χ4v) is 2.68. The quantitative estimate of drug-likeness (QED) is 0.654. The number of nitrogens with zero attached hydrogens (tertiary/aromatic N) is 3. The normalized spacial score (nSPS) is 10.7. The lowest BCUT2D eigenvalue weighted by molar-refractivity contribution is -0.113. The van der Waals surface area contributed by atoms with Gasteiger partial charge in [0.15, 0.2) is 10.9 Å². The maximum Gasteiger partial charge on any atom is 0.234 e. The summed E-state index contributed by atoms with van der Waals surface area (Å²) in [4.78, 5) is 23.3. The lowest BCUT2D eigenvalue weighted by Crippen LogP contribution is -2.15. The smallest absolute Gasteiger partial charge is 0.234 e. The molecule has 116 valence electrons. The van der Waals surface area contributed by atoms with E-state index in [1.54, 1.807) is 30.6 Å². The van der Waals surface area contributed by atoms with Gasteiger partial charge in [-0.05, 0) is 32.9 Å². The zero-order valence-electron chi connectivity index (χ0n) is 12.7. The van der Waals surface area contributed by atoms with Crippen molar-refractivity contribution in [2.75, 3.05) is 11.1 Å². The van der Waals surface area contributed by atoms with Crippen LogP contribution in [0.5, 0.6) is 0 Å². The van der Waals surface area contributed by atoms with Crippen molar-refractivity contribution in [1.82, 2.24) is 14.8 Å². The minimum atomic E-state index is -0.149. The van der Waals surface area contributed by atoms with Gasteiger partial charge in [-0.3, -0.25) is 9.59 Å². The van der Waals surface area contributed by atoms with Crippen LogP contribution >= 0.6 is 11.8 Å². The number of nitrogens with one attached hydrogen (secondary N) is 1. The Bertz CT molecular complexity index is 682. The Hall–Kier alpha value is -2.15. The first-order chi connectivity index (χ1) is 10.5. The average Bonchev–Trinajstić information content (AvgIpc) is 2.94. The van der Waals surface area contributed by atoms with E-state index in [1.807, 2.05) is 18.4 Å². The van der Waals surface area contributed by atoms with Crippen LogP contribution in [-0.4, -0.2) is 32.2 Å². The molecule has 0 bridgehead atoms. The molecular formula is C15H18N4O2S. The van der Waals surface area contributed by atoms with Crippen LogP contribution in [0, 0.1) is 0 Å². The highest BCUT2D eigenvalue weighted by Gasteiger charge is 2.11. The summed E-state index contributed by atoms with van der Waals surface area (Å²) in [6.45, 7) is 5.55. The summed E-state index contributed by atoms with van der Waals surface area (Å²) in [7, 11) is 0. The number of aromatic nitrogens is 3. The molecule has 0 saturated carbocycles. The van der Waals surface area contributed by atoms with Crippen LogP contribution in [0.15, 0.2) is 35.7 Å². The molecule has 0 aliphatic carbocycles. The molecule has 0 fully saturated rings. The standard InChI is InChI=1S/C15H18N4O2S/c1-10(2)19-9-16-18-15(19)22-8-14(21)17-13-6-4-5-12(7-13)11(3)20/h4-7,9-10H,8H2,1-3H3,(H,17,21). The first-order valence-electron chi connectivity index (χ1n) is 6.90. The van der Waals surface area contributed by atoms with Gasteiger partial charge in [-0.1, -0.05) is 23.9 Å². The van der Waals surface area contributed by atoms with Gasteiger partial charge < -0.3 is 9.88 Å². The second-order valence-corrected chi connectivity index (χ2v) is 6.03. The number of carbonyl (C=O) groups excluding carboxylic acids is 2. The van der Waals surface area contributed by atoms with Crippen LogP contribution in [0.2, 0.25) is 0 Å². The predicted molar refractivity (Wildman–Crippen MR) is 86.2 cm³/mol. The monoisotopic (exact) mass is 318 g/mol. The van der Waals surface area contributed by atoms with Gasteiger partial charge >= 0.3 is 0 Å². The van der Waals surface area contributed by atoms with Gasteiger partial charge in [-0.25, -0.2) is 0 Å². The maximum absolute atomic E-state index is 12.0. The molecular weight excluding hydrogens is 300 g/mol. The van der Waals surface area contributed by atoms with Crippen molar-refractivity contribution < 1.29 is 9.59 Å². The number of benzene rings is 1. The van der Waals surface area contributed by atoms with Gasteiger partial charge in [0.05, 0.1) is 5.75 Å². The molecule has 1 amide bonds. The molecule has 1 aromatic carbocycles. The molecule has 0 saturated heterocycles. The van der Waals surface area contributed by atoms with E-state index in [0.29, 0.717) is 16.4 Å². The van der Waals surface area contributed by atoms with Gasteiger partial charge in [0.1, 0.15) is 6.33 Å². The molecule has 0 unspecified atom stereocenters. The zero-order valence-corrected chi connectivity index (χ0v) is 13.6. The Morgan fingerprint density at radius 1 is 1.36 bits per heavy atom. The highest BCUT2D eigenvalue weighted by Crippen LogP contribution is 2.19. The molecule has 1 heterocycles. The van der Waals surface area contributed by atoms with Crippen molar-refractivity contribution in [2.24, 2.45) is 0 Å². The molecule has 2 aromatic rings. The molecule has 2 rings (SSSR count). The Balaban J connectivity index is 1.94. The second kappa shape index (κ2) is 7.22. The number of carbonyl (C=O) groups is 2. The number of Topliss-reactive ketones (excluding diaryl/α,β-unsaturated/α-hetero) is 1. The van der Waals surface area contributed by atoms with E-state index in [4.69, 9.17) is 0 Å². The summed E-state index contributed by atoms with van der Waals surface area (Å²) in [5.74, 6) is 0.0509. The van der Waals surface area contributed by atoms with Crippen molar-refractivity contribution in [3.05, 3.63) is 36.2 Å². The number of thioether (sulfide) groups is 1. The Labute approximate surface area is 133 Å². The first-order valence-corrected chi connectivity index (χ1v) is 7.89. The van der Waals surface area contributed by atoms with E-state index >= 15 is 0 Å². The summed E-state index contributed by atoms with van der Waals surface area (Å²) in [5.41, 5.74) is 1.19. The number of anilines is 1. The molecule has 7 heteroatoms. The third-order valence-corrected chi connectivity index (χ3v) is 3.94. The lowest BCUT2D eigenvalue weighted by Gasteiger charge is -2.09. The van der Waals surface area contributed by atoms with E-state index < -0.39 is 0 Å². The van der Waals surface area contributed by atoms with E-state index in [2.05, 4.69) is 15.5 Å². The molecule has 0 atom stereocenters. The molecule has 0 aliphatic heterocycles. The van der Waals surface area contributed by atoms with E-state index in [-0.39, 0.29) is 23.5 Å². The molecule has 0 aliphatic rings. The highest BCUT2D eigenvalue weighted by atomic mass is 32.2. The van der Waals surface area contributed by atoms with Crippen LogP contribution in [0.25, 0.3) is 0 Å². The fourth-order valence-electron chi connectivity index (χ4n) is 1.83. The Morgan fingerprint density at radius 3 is 2.82 bits per heavy atom. The van der Waals surface area contributed by atoms with Crippen molar-refractivity contribution in [3.8, 4) is 0 Å². The molecule has 6 nitrogen and oxygen atoms in total. The largest absolute Gasteiger partial charge is 0.325 e. The highest BCUT2D eigenvalue weighted by molar-refractivity contribution is 7.99. The van der Waals surface area contributed by atoms with Crippen LogP contribution in [0.3, 0.4) is 0 Å². The van der Waals surface area contributed by atoms with Gasteiger partial charge in [0.25, 0.3) is 0 Å². The number of hydrogen-bond donors (Lipinski definition) is 1. The van der Waals surface area contributed by atoms with E-state index in [9.17, 15) is 9.59 Å². The summed E-state index contributed by atoms with van der Waals surface area (Å²) in [5, 5.41) is 11.4. The van der Waals surface area contributed by atoms with Crippen LogP contribution < -0.4 is 5.32 Å². The number of hydrogen-bond acceptors (Lipinski definition) is 5. The van der Waals surface area contributed by atoms with Crippen LogP contribution in [0.1, 0.15) is 37.2 Å². The minimum absolute atomic E-state index is 0.0319. The van der Waals surface area contributed by atoms with Gasteiger partial charge in [0, 0.05) is 17.3 Å². The van der Waals surface area contributed by atoms with Gasteiger partial charge in [-0.15, -0.1) is 10.2 Å². The lowest BCUT2D eigenvalue weighted by atomic mass is 10.1. The Morgan fingerprint density at radius 2 is 2.14 bits per heavy atom. The maximum atomic E-state index is 12.0.